The normalized spacial score (nSPS) is 47.3. The molecule has 0 aromatic carbocycles. The molecule has 2 N–H and O–H groups in total. The standard InChI is InChI=1S/C17H24O5/c1-15(2,19)10-4-5-16(3)11(10)6-9-13(22-16)12-7-17(20,8-21-12)14(9)18/h10-12,19-20H,4-8H2,1-3H3. The molecule has 0 aromatic heterocycles. The average Bonchev–Trinajstić information content (AvgIpc) is 2.94. The van der Waals surface area contributed by atoms with E-state index in [1.807, 2.05) is 13.8 Å². The predicted molar refractivity (Wildman–Crippen MR) is 78.0 cm³/mol. The fraction of sp³-hybridized carbons (Fsp3) is 0.824. The third-order valence-corrected chi connectivity index (χ3v) is 6.23. The van der Waals surface area contributed by atoms with Crippen LogP contribution in [-0.4, -0.2) is 45.5 Å². The number of aliphatic hydroxyl groups is 2. The summed E-state index contributed by atoms with van der Waals surface area (Å²) in [6.07, 6.45) is 2.34. The highest BCUT2D eigenvalue weighted by molar-refractivity contribution is 6.04. The first-order valence-corrected chi connectivity index (χ1v) is 8.17. The minimum Gasteiger partial charge on any atom is -0.488 e. The summed E-state index contributed by atoms with van der Waals surface area (Å²) >= 11 is 0. The van der Waals surface area contributed by atoms with Crippen LogP contribution in [0.3, 0.4) is 0 Å². The van der Waals surface area contributed by atoms with Crippen LogP contribution >= 0.6 is 0 Å². The van der Waals surface area contributed by atoms with E-state index in [1.54, 1.807) is 0 Å². The minimum atomic E-state index is -1.37. The summed E-state index contributed by atoms with van der Waals surface area (Å²) < 4.78 is 11.9. The Bertz CT molecular complexity index is 574. The van der Waals surface area contributed by atoms with Crippen LogP contribution < -0.4 is 0 Å². The molecule has 0 radical (unpaired) electrons. The van der Waals surface area contributed by atoms with Gasteiger partial charge in [-0.2, -0.15) is 0 Å². The Kier molecular flexibility index (Phi) is 2.76. The molecule has 4 aliphatic rings. The summed E-state index contributed by atoms with van der Waals surface area (Å²) in [4.78, 5) is 12.7. The topological polar surface area (TPSA) is 76.0 Å². The summed E-state index contributed by atoms with van der Waals surface area (Å²) in [7, 11) is 0. The summed E-state index contributed by atoms with van der Waals surface area (Å²) in [5.41, 5.74) is -1.93. The van der Waals surface area contributed by atoms with E-state index in [4.69, 9.17) is 9.47 Å². The first-order chi connectivity index (χ1) is 10.1. The molecule has 122 valence electrons. The van der Waals surface area contributed by atoms with E-state index in [0.717, 1.165) is 12.8 Å². The summed E-state index contributed by atoms with van der Waals surface area (Å²) in [5.74, 6) is 0.591. The van der Waals surface area contributed by atoms with Crippen LogP contribution in [-0.2, 0) is 14.3 Å². The molecule has 2 aliphatic carbocycles. The lowest BCUT2D eigenvalue weighted by Gasteiger charge is -2.45. The van der Waals surface area contributed by atoms with Gasteiger partial charge in [-0.15, -0.1) is 0 Å². The Morgan fingerprint density at radius 1 is 1.36 bits per heavy atom. The molecule has 22 heavy (non-hydrogen) atoms. The number of rotatable bonds is 1. The molecule has 4 rings (SSSR count). The Morgan fingerprint density at radius 2 is 2.09 bits per heavy atom. The molecule has 5 atom stereocenters. The van der Waals surface area contributed by atoms with Gasteiger partial charge in [0.05, 0.1) is 12.2 Å². The Hall–Kier alpha value is -0.910. The lowest BCUT2D eigenvalue weighted by Crippen LogP contribution is -2.51. The molecule has 2 aliphatic heterocycles. The van der Waals surface area contributed by atoms with Crippen LogP contribution in [0, 0.1) is 11.8 Å². The van der Waals surface area contributed by atoms with E-state index < -0.39 is 11.2 Å². The van der Waals surface area contributed by atoms with Crippen LogP contribution in [0.2, 0.25) is 0 Å². The van der Waals surface area contributed by atoms with Gasteiger partial charge >= 0.3 is 0 Å². The van der Waals surface area contributed by atoms with Crippen molar-refractivity contribution < 1.29 is 24.5 Å². The van der Waals surface area contributed by atoms with Gasteiger partial charge in [-0.05, 0) is 46.0 Å². The smallest absolute Gasteiger partial charge is 0.196 e. The van der Waals surface area contributed by atoms with Crippen LogP contribution in [0.5, 0.6) is 0 Å². The van der Waals surface area contributed by atoms with Crippen LogP contribution in [0.25, 0.3) is 0 Å². The largest absolute Gasteiger partial charge is 0.488 e. The first-order valence-electron chi connectivity index (χ1n) is 8.17. The molecule has 2 bridgehead atoms. The summed E-state index contributed by atoms with van der Waals surface area (Å²) in [6.45, 7) is 5.79. The van der Waals surface area contributed by atoms with Crippen molar-refractivity contribution in [2.45, 2.75) is 69.4 Å². The van der Waals surface area contributed by atoms with Gasteiger partial charge in [0.15, 0.2) is 11.4 Å². The highest BCUT2D eigenvalue weighted by atomic mass is 16.6. The molecule has 0 aromatic rings. The number of Topliss-reactive ketones (excluding diaryl/α,β-unsaturated/α-hetero) is 1. The van der Waals surface area contributed by atoms with Crippen molar-refractivity contribution in [2.24, 2.45) is 11.8 Å². The van der Waals surface area contributed by atoms with Gasteiger partial charge in [0.1, 0.15) is 17.5 Å². The Balaban J connectivity index is 1.74. The molecule has 0 amide bonds. The minimum absolute atomic E-state index is 0.0587. The zero-order chi connectivity index (χ0) is 15.9. The van der Waals surface area contributed by atoms with Gasteiger partial charge in [-0.3, -0.25) is 4.79 Å². The number of carbonyl (C=O) groups excluding carboxylic acids is 1. The molecule has 2 fully saturated rings. The van der Waals surface area contributed by atoms with Gasteiger partial charge in [0.25, 0.3) is 0 Å². The molecule has 0 spiro atoms. The number of carbonyl (C=O) groups is 1. The zero-order valence-corrected chi connectivity index (χ0v) is 13.4. The highest BCUT2D eigenvalue weighted by Crippen LogP contribution is 2.56. The Labute approximate surface area is 130 Å². The van der Waals surface area contributed by atoms with Crippen LogP contribution in [0.4, 0.5) is 0 Å². The van der Waals surface area contributed by atoms with Gasteiger partial charge in [-0.25, -0.2) is 0 Å². The lowest BCUT2D eigenvalue weighted by atomic mass is 9.70. The third-order valence-electron chi connectivity index (χ3n) is 6.23. The monoisotopic (exact) mass is 308 g/mol. The molecule has 5 heteroatoms. The van der Waals surface area contributed by atoms with E-state index in [-0.39, 0.29) is 35.9 Å². The molecular weight excluding hydrogens is 284 g/mol. The molecule has 5 nitrogen and oxygen atoms in total. The second-order valence-corrected chi connectivity index (χ2v) is 8.23. The number of fused-ring (bicyclic) bond motifs is 4. The quantitative estimate of drug-likeness (QED) is 0.764. The Morgan fingerprint density at radius 3 is 2.77 bits per heavy atom. The molecule has 2 heterocycles. The fourth-order valence-electron chi connectivity index (χ4n) is 4.95. The SMILES string of the molecule is CC(C)(O)C1CCC2(C)OC3=C(CC12)C(=O)C1(O)COC3C1. The van der Waals surface area contributed by atoms with E-state index >= 15 is 0 Å². The van der Waals surface area contributed by atoms with Crippen molar-refractivity contribution in [3.05, 3.63) is 11.3 Å². The van der Waals surface area contributed by atoms with Crippen molar-refractivity contribution in [3.63, 3.8) is 0 Å². The maximum Gasteiger partial charge on any atom is 0.196 e. The zero-order valence-electron chi connectivity index (χ0n) is 13.4. The second-order valence-electron chi connectivity index (χ2n) is 8.23. The van der Waals surface area contributed by atoms with E-state index in [9.17, 15) is 15.0 Å². The van der Waals surface area contributed by atoms with Gasteiger partial charge in [-0.1, -0.05) is 0 Å². The first kappa shape index (κ1) is 14.7. The summed E-state index contributed by atoms with van der Waals surface area (Å²) in [6, 6.07) is 0. The molecule has 1 saturated carbocycles. The van der Waals surface area contributed by atoms with Crippen LogP contribution in [0.15, 0.2) is 11.3 Å². The highest BCUT2D eigenvalue weighted by Gasteiger charge is 2.60. The van der Waals surface area contributed by atoms with E-state index in [1.165, 1.54) is 0 Å². The van der Waals surface area contributed by atoms with Crippen molar-refractivity contribution >= 4 is 5.78 Å². The number of hydrogen-bond donors (Lipinski definition) is 2. The van der Waals surface area contributed by atoms with E-state index in [0.29, 0.717) is 24.2 Å². The summed E-state index contributed by atoms with van der Waals surface area (Å²) in [5, 5.41) is 20.9. The van der Waals surface area contributed by atoms with Crippen molar-refractivity contribution in [3.8, 4) is 0 Å². The number of hydrogen-bond acceptors (Lipinski definition) is 5. The third kappa shape index (κ3) is 1.79. The molecular formula is C17H24O5. The van der Waals surface area contributed by atoms with Gasteiger partial charge in [0.2, 0.25) is 0 Å². The van der Waals surface area contributed by atoms with Gasteiger partial charge in [0, 0.05) is 17.9 Å². The average molecular weight is 308 g/mol. The molecule has 5 unspecified atom stereocenters. The van der Waals surface area contributed by atoms with Crippen molar-refractivity contribution in [1.29, 1.82) is 0 Å². The van der Waals surface area contributed by atoms with Crippen molar-refractivity contribution in [1.82, 2.24) is 0 Å². The van der Waals surface area contributed by atoms with Crippen LogP contribution in [0.1, 0.15) is 46.5 Å². The maximum absolute atomic E-state index is 12.7. The predicted octanol–water partition coefficient (Wildman–Crippen LogP) is 1.32. The molecule has 1 saturated heterocycles. The maximum atomic E-state index is 12.7. The second kappa shape index (κ2) is 4.13. The lowest BCUT2D eigenvalue weighted by molar-refractivity contribution is -0.137. The van der Waals surface area contributed by atoms with Crippen molar-refractivity contribution in [2.75, 3.05) is 6.61 Å². The number of ketones is 1. The number of ether oxygens (including phenoxy) is 2. The van der Waals surface area contributed by atoms with Gasteiger partial charge < -0.3 is 19.7 Å². The van der Waals surface area contributed by atoms with E-state index in [2.05, 4.69) is 6.92 Å². The fourth-order valence-corrected chi connectivity index (χ4v) is 4.95.